The summed E-state index contributed by atoms with van der Waals surface area (Å²) in [4.78, 5) is 14.7. The molecule has 4 aromatic carbocycles. The summed E-state index contributed by atoms with van der Waals surface area (Å²) in [5.74, 6) is -0.229. The summed E-state index contributed by atoms with van der Waals surface area (Å²) in [6, 6.07) is 38.5. The third kappa shape index (κ3) is 4.45. The summed E-state index contributed by atoms with van der Waals surface area (Å²) >= 11 is 0. The molecule has 1 aliphatic rings. The molecule has 7 heteroatoms. The summed E-state index contributed by atoms with van der Waals surface area (Å²) in [7, 11) is -0.937. The molecule has 0 saturated carbocycles. The van der Waals surface area contributed by atoms with Gasteiger partial charge in [-0.15, -0.1) is 0 Å². The van der Waals surface area contributed by atoms with E-state index in [2.05, 4.69) is 16.9 Å². The Morgan fingerprint density at radius 1 is 0.676 bits per heavy atom. The molecule has 37 heavy (non-hydrogen) atoms. The van der Waals surface area contributed by atoms with E-state index in [0.29, 0.717) is 21.6 Å². The van der Waals surface area contributed by atoms with Crippen LogP contribution in [0.4, 0.5) is 5.69 Å². The van der Waals surface area contributed by atoms with Gasteiger partial charge in [0.1, 0.15) is 5.31 Å². The Morgan fingerprint density at radius 2 is 1.11 bits per heavy atom. The molecule has 0 aliphatic carbocycles. The number of hydrogen-bond acceptors (Lipinski definition) is 4. The molecule has 0 aromatic heterocycles. The van der Waals surface area contributed by atoms with Crippen LogP contribution in [0.5, 0.6) is 0 Å². The first-order valence-electron chi connectivity index (χ1n) is 12.1. The van der Waals surface area contributed by atoms with Crippen LogP contribution in [0.2, 0.25) is 0 Å². The average Bonchev–Trinajstić information content (AvgIpc) is 2.94. The zero-order chi connectivity index (χ0) is 26.0. The van der Waals surface area contributed by atoms with Gasteiger partial charge in [0, 0.05) is 41.4 Å². The number of hydrazine groups is 1. The second-order valence-electron chi connectivity index (χ2n) is 8.93. The maximum absolute atomic E-state index is 15.4. The molecule has 1 heterocycles. The van der Waals surface area contributed by atoms with Gasteiger partial charge < -0.3 is 4.57 Å². The van der Waals surface area contributed by atoms with Gasteiger partial charge in [-0.1, -0.05) is 109 Å². The van der Waals surface area contributed by atoms with Gasteiger partial charge in [0.05, 0.1) is 0 Å². The smallest absolute Gasteiger partial charge is 0.269 e. The van der Waals surface area contributed by atoms with Crippen molar-refractivity contribution < 1.29 is 9.36 Å². The number of rotatable bonds is 6. The minimum Gasteiger partial charge on any atom is -0.308 e. The molecule has 5 nitrogen and oxygen atoms in total. The van der Waals surface area contributed by atoms with Gasteiger partial charge in [0.25, 0.3) is 5.91 Å². The summed E-state index contributed by atoms with van der Waals surface area (Å²) in [6.07, 6.45) is 0. The van der Waals surface area contributed by atoms with E-state index in [1.54, 1.807) is 0 Å². The monoisotopic (exact) mass is 525 g/mol. The van der Waals surface area contributed by atoms with Gasteiger partial charge in [-0.3, -0.25) is 14.2 Å². The molecule has 0 fully saturated rings. The van der Waals surface area contributed by atoms with Gasteiger partial charge in [0.2, 0.25) is 0 Å². The number of para-hydroxylation sites is 1. The van der Waals surface area contributed by atoms with E-state index in [9.17, 15) is 4.79 Å². The fraction of sp³-hybridized carbons (Fsp3) is 0.100. The first-order chi connectivity index (χ1) is 17.9. The fourth-order valence-electron chi connectivity index (χ4n) is 4.76. The van der Waals surface area contributed by atoms with Crippen molar-refractivity contribution in [2.24, 2.45) is 0 Å². The van der Waals surface area contributed by atoms with Crippen LogP contribution in [-0.4, -0.2) is 29.8 Å². The van der Waals surface area contributed by atoms with E-state index >= 15 is 4.57 Å². The SMILES string of the molecule is CC1=C(P(=O)(c2ccccc2)c2ccccc2)C(=O)N(c2ccccc2)P(c2ccccc2)N1N(C)C. The highest BCUT2D eigenvalue weighted by molar-refractivity contribution is 7.83. The van der Waals surface area contributed by atoms with E-state index in [1.807, 2.05) is 140 Å². The number of carbonyl (C=O) groups excluding carboxylic acids is 1. The van der Waals surface area contributed by atoms with E-state index in [-0.39, 0.29) is 5.91 Å². The Kier molecular flexibility index (Phi) is 7.13. The van der Waals surface area contributed by atoms with Gasteiger partial charge in [-0.25, -0.2) is 5.01 Å². The van der Waals surface area contributed by atoms with E-state index < -0.39 is 15.4 Å². The second kappa shape index (κ2) is 10.5. The molecule has 5 rings (SSSR count). The number of carbonyl (C=O) groups is 1. The van der Waals surface area contributed by atoms with Crippen molar-refractivity contribution in [3.05, 3.63) is 132 Å². The number of hydrogen-bond donors (Lipinski definition) is 0. The molecule has 186 valence electrons. The zero-order valence-electron chi connectivity index (χ0n) is 21.1. The Balaban J connectivity index is 1.84. The van der Waals surface area contributed by atoms with Crippen molar-refractivity contribution in [2.75, 3.05) is 18.8 Å². The maximum atomic E-state index is 15.4. The van der Waals surface area contributed by atoms with Crippen molar-refractivity contribution in [3.8, 4) is 0 Å². The molecular weight excluding hydrogens is 496 g/mol. The molecule has 1 amide bonds. The molecule has 0 saturated heterocycles. The maximum Gasteiger partial charge on any atom is 0.269 e. The molecule has 4 aromatic rings. The molecule has 0 N–H and O–H groups in total. The fourth-order valence-corrected chi connectivity index (χ4v) is 10.2. The minimum atomic E-state index is -3.53. The largest absolute Gasteiger partial charge is 0.308 e. The average molecular weight is 526 g/mol. The van der Waals surface area contributed by atoms with Gasteiger partial charge >= 0.3 is 0 Å². The summed E-state index contributed by atoms with van der Waals surface area (Å²) < 4.78 is 19.4. The minimum absolute atomic E-state index is 0.229. The van der Waals surface area contributed by atoms with Crippen molar-refractivity contribution in [1.82, 2.24) is 9.79 Å². The Bertz CT molecular complexity index is 1420. The number of anilines is 1. The number of allylic oxidation sites excluding steroid dienone is 1. The van der Waals surface area contributed by atoms with Gasteiger partial charge in [-0.05, 0) is 19.1 Å². The Hall–Kier alpha value is -3.49. The lowest BCUT2D eigenvalue weighted by Crippen LogP contribution is -2.48. The Morgan fingerprint density at radius 3 is 1.57 bits per heavy atom. The molecule has 1 unspecified atom stereocenters. The number of amides is 1. The molecule has 0 bridgehead atoms. The first kappa shape index (κ1) is 25.2. The van der Waals surface area contributed by atoms with Crippen LogP contribution in [0.3, 0.4) is 0 Å². The van der Waals surface area contributed by atoms with Crippen LogP contribution in [0.15, 0.2) is 132 Å². The predicted octanol–water partition coefficient (Wildman–Crippen LogP) is 5.69. The summed E-state index contributed by atoms with van der Waals surface area (Å²) in [6.45, 7) is 1.92. The van der Waals surface area contributed by atoms with Crippen molar-refractivity contribution >= 4 is 42.9 Å². The standard InChI is InChI=1S/C30H29N3O2P2/c1-24-29(37(35,27-20-12-6-13-21-27)28-22-14-7-15-23-28)30(34)32(25-16-8-4-9-17-25)36(33(24)31(2)3)26-18-10-5-11-19-26/h4-23H,1-3H3. The molecule has 1 atom stereocenters. The Labute approximate surface area is 219 Å². The van der Waals surface area contributed by atoms with Crippen LogP contribution in [0.1, 0.15) is 6.92 Å². The summed E-state index contributed by atoms with van der Waals surface area (Å²) in [5, 5.41) is 4.63. The molecular formula is C30H29N3O2P2. The van der Waals surface area contributed by atoms with Crippen LogP contribution in [0, 0.1) is 0 Å². The lowest BCUT2D eigenvalue weighted by atomic mass is 10.3. The van der Waals surface area contributed by atoms with Gasteiger partial charge in [0.15, 0.2) is 15.4 Å². The first-order valence-corrected chi connectivity index (χ1v) is 15.0. The number of nitrogens with zero attached hydrogens (tertiary/aromatic N) is 3. The van der Waals surface area contributed by atoms with Crippen molar-refractivity contribution in [1.29, 1.82) is 0 Å². The highest BCUT2D eigenvalue weighted by Gasteiger charge is 2.48. The lowest BCUT2D eigenvalue weighted by Gasteiger charge is -2.48. The second-order valence-corrected chi connectivity index (χ2v) is 13.5. The van der Waals surface area contributed by atoms with Crippen LogP contribution >= 0.6 is 15.4 Å². The van der Waals surface area contributed by atoms with Crippen molar-refractivity contribution in [3.63, 3.8) is 0 Å². The molecule has 0 radical (unpaired) electrons. The van der Waals surface area contributed by atoms with E-state index in [4.69, 9.17) is 0 Å². The highest BCUT2D eigenvalue weighted by atomic mass is 31.2. The van der Waals surface area contributed by atoms with Crippen LogP contribution in [0.25, 0.3) is 0 Å². The quantitative estimate of drug-likeness (QED) is 0.303. The molecule has 0 spiro atoms. The van der Waals surface area contributed by atoms with Crippen LogP contribution in [-0.2, 0) is 9.36 Å². The normalized spacial score (nSPS) is 16.4. The third-order valence-electron chi connectivity index (χ3n) is 6.33. The topological polar surface area (TPSA) is 43.9 Å². The van der Waals surface area contributed by atoms with E-state index in [0.717, 1.165) is 11.0 Å². The highest BCUT2D eigenvalue weighted by Crippen LogP contribution is 2.62. The van der Waals surface area contributed by atoms with Gasteiger partial charge in [-0.2, -0.15) is 0 Å². The molecule has 1 aliphatic heterocycles. The number of benzene rings is 4. The van der Waals surface area contributed by atoms with E-state index in [1.165, 1.54) is 0 Å². The summed E-state index contributed by atoms with van der Waals surface area (Å²) in [5.41, 5.74) is 1.47. The lowest BCUT2D eigenvalue weighted by molar-refractivity contribution is -0.113. The third-order valence-corrected chi connectivity index (χ3v) is 12.1. The predicted molar refractivity (Wildman–Crippen MR) is 155 cm³/mol. The van der Waals surface area contributed by atoms with Crippen LogP contribution < -0.4 is 20.6 Å². The zero-order valence-corrected chi connectivity index (χ0v) is 22.9. The van der Waals surface area contributed by atoms with Crippen molar-refractivity contribution in [2.45, 2.75) is 6.92 Å².